The molecule has 0 saturated heterocycles. The van der Waals surface area contributed by atoms with Crippen LogP contribution in [0.15, 0.2) is 269 Å². The van der Waals surface area contributed by atoms with Crippen molar-refractivity contribution in [3.05, 3.63) is 266 Å². The van der Waals surface area contributed by atoms with Gasteiger partial charge in [0, 0.05) is 10.8 Å². The van der Waals surface area contributed by atoms with Crippen LogP contribution in [0.4, 0.5) is 34.1 Å². The standard InChI is InChI=1S/C80H60B2N3OSSe/c1-79(2,3)51-43-69-75-73(45-51)87-72-48-68-62(47-63(72)82(75)61-33-16-19-36-66(61)84(69)67-37-22-32-60-59-29-15-20-38-71(59)86-78(60)67)81(53-39-41-54(42-40-53)83-64-34-17-13-27-57(64)58-28-14-18-35-65(58)83)76-70(44-52(46-74(76)88)80(4,5)6)85(68)77-55(49-23-9-7-10-24-49)30-21-31-56(77)50-25-11-8-12-26-50/h7-48H,1-6H3. The molecule has 14 aromatic rings. The van der Waals surface area contributed by atoms with Crippen molar-refractivity contribution >= 4 is 156 Å². The van der Waals surface area contributed by atoms with Gasteiger partial charge in [-0.1, -0.05) is 51.1 Å². The van der Waals surface area contributed by atoms with Crippen LogP contribution in [0.25, 0.3) is 71.7 Å². The zero-order valence-corrected chi connectivity index (χ0v) is 52.5. The summed E-state index contributed by atoms with van der Waals surface area (Å²) in [4.78, 5) is 7.74. The van der Waals surface area contributed by atoms with Gasteiger partial charge < -0.3 is 4.42 Å². The van der Waals surface area contributed by atoms with Gasteiger partial charge in [0.2, 0.25) is 0 Å². The van der Waals surface area contributed by atoms with Crippen molar-refractivity contribution in [2.24, 2.45) is 0 Å². The van der Waals surface area contributed by atoms with Gasteiger partial charge in [-0.05, 0) is 6.07 Å². The maximum absolute atomic E-state index is 6.93. The summed E-state index contributed by atoms with van der Waals surface area (Å²) in [5, 5.41) is 4.75. The molecule has 0 saturated carbocycles. The molecule has 0 amide bonds. The number of aromatic nitrogens is 1. The summed E-state index contributed by atoms with van der Waals surface area (Å²) in [7, 11) is 0. The fourth-order valence-electron chi connectivity index (χ4n) is 14.7. The Hall–Kier alpha value is -9.16. The van der Waals surface area contributed by atoms with E-state index in [1.165, 1.54) is 115 Å². The van der Waals surface area contributed by atoms with E-state index in [4.69, 9.17) is 4.42 Å². The molecule has 1 radical (unpaired) electrons. The zero-order chi connectivity index (χ0) is 59.3. The summed E-state index contributed by atoms with van der Waals surface area (Å²) in [6.07, 6.45) is 0. The van der Waals surface area contributed by atoms with Gasteiger partial charge in [0.15, 0.2) is 0 Å². The van der Waals surface area contributed by atoms with E-state index in [9.17, 15) is 0 Å². The predicted octanol–water partition coefficient (Wildman–Crippen LogP) is 16.5. The van der Waals surface area contributed by atoms with Crippen molar-refractivity contribution in [3.8, 4) is 27.9 Å². The van der Waals surface area contributed by atoms with Crippen LogP contribution in [0.1, 0.15) is 52.7 Å². The monoisotopic (exact) mass is 1210 g/mol. The maximum atomic E-state index is 6.93. The molecule has 17 rings (SSSR count). The van der Waals surface area contributed by atoms with Gasteiger partial charge in [0.1, 0.15) is 5.58 Å². The van der Waals surface area contributed by atoms with E-state index in [0.717, 1.165) is 49.1 Å². The average Bonchev–Trinajstić information content (AvgIpc) is 0.884. The van der Waals surface area contributed by atoms with Gasteiger partial charge >= 0.3 is 453 Å². The van der Waals surface area contributed by atoms with Crippen LogP contribution in [-0.4, -0.2) is 34.0 Å². The molecule has 0 atom stereocenters. The molecule has 5 heterocycles. The zero-order valence-electron chi connectivity index (χ0n) is 50.0. The fourth-order valence-corrected chi connectivity index (χ4v) is 16.6. The number of para-hydroxylation sites is 6. The summed E-state index contributed by atoms with van der Waals surface area (Å²) in [6, 6.07) is 95.6. The van der Waals surface area contributed by atoms with E-state index in [0.29, 0.717) is 0 Å². The van der Waals surface area contributed by atoms with Gasteiger partial charge in [-0.3, -0.25) is 0 Å². The van der Waals surface area contributed by atoms with E-state index in [2.05, 4.69) is 327 Å². The van der Waals surface area contributed by atoms with Crippen LogP contribution in [0.2, 0.25) is 0 Å². The number of anilines is 6. The Morgan fingerprint density at radius 2 is 0.955 bits per heavy atom. The van der Waals surface area contributed by atoms with E-state index in [-0.39, 0.29) is 24.3 Å². The number of benzene rings is 12. The topological polar surface area (TPSA) is 24.6 Å². The third kappa shape index (κ3) is 8.15. The first-order chi connectivity index (χ1) is 42.9. The minimum absolute atomic E-state index is 0.0801. The second-order valence-corrected chi connectivity index (χ2v) is 28.1. The molecule has 0 bridgehead atoms. The second kappa shape index (κ2) is 19.9. The van der Waals surface area contributed by atoms with Crippen molar-refractivity contribution in [1.29, 1.82) is 0 Å². The first kappa shape index (κ1) is 53.1. The first-order valence-corrected chi connectivity index (χ1v) is 32.3. The molecule has 0 fully saturated rings. The van der Waals surface area contributed by atoms with Crippen molar-refractivity contribution in [2.75, 3.05) is 9.80 Å². The van der Waals surface area contributed by atoms with Crippen LogP contribution < -0.4 is 47.0 Å². The first-order valence-electron chi connectivity index (χ1n) is 30.7. The molecule has 419 valence electrons. The third-order valence-corrected chi connectivity index (χ3v) is 20.7. The van der Waals surface area contributed by atoms with Crippen LogP contribution in [-0.2, 0) is 10.8 Å². The van der Waals surface area contributed by atoms with Crippen molar-refractivity contribution in [3.63, 3.8) is 0 Å². The van der Waals surface area contributed by atoms with E-state index < -0.39 is 0 Å². The van der Waals surface area contributed by atoms with Crippen molar-refractivity contribution in [1.82, 2.24) is 4.57 Å². The van der Waals surface area contributed by atoms with Gasteiger partial charge in [-0.2, -0.15) is 0 Å². The Morgan fingerprint density at radius 1 is 0.398 bits per heavy atom. The van der Waals surface area contributed by atoms with Gasteiger partial charge in [-0.25, -0.2) is 0 Å². The number of rotatable bonds is 6. The fraction of sp³-hybridized carbons (Fsp3) is 0.100. The van der Waals surface area contributed by atoms with E-state index in [1.54, 1.807) is 0 Å². The van der Waals surface area contributed by atoms with Crippen molar-refractivity contribution in [2.45, 2.75) is 62.2 Å². The molecule has 3 aliphatic rings. The normalized spacial score (nSPS) is 13.5. The van der Waals surface area contributed by atoms with Gasteiger partial charge in [0.25, 0.3) is 0 Å². The molecular weight excluding hydrogens is 1150 g/mol. The number of hydrogen-bond acceptors (Lipinski definition) is 4. The van der Waals surface area contributed by atoms with E-state index in [1.807, 2.05) is 11.8 Å². The third-order valence-electron chi connectivity index (χ3n) is 18.9. The SMILES string of the molecule is CC(C)(C)c1cc([Se])c2c(c1)N(c1c(-c3ccccc3)cccc1-c1ccccc1)c1cc3c(cc1B2c1ccc(-n2c4ccccc4c4ccccc42)cc1)B1c2ccccc2N(c2cccc4c2oc2ccccc24)c2cc(C(C)(C)C)cc(c21)S3. The molecule has 0 spiro atoms. The molecule has 3 aliphatic heterocycles. The van der Waals surface area contributed by atoms with Crippen LogP contribution in [0.3, 0.4) is 0 Å². The molecule has 4 nitrogen and oxygen atoms in total. The Bertz CT molecular complexity index is 5080. The van der Waals surface area contributed by atoms with Gasteiger partial charge in [0.05, 0.1) is 0 Å². The second-order valence-electron chi connectivity index (χ2n) is 26.1. The summed E-state index contributed by atoms with van der Waals surface area (Å²) >= 11 is 5.68. The summed E-state index contributed by atoms with van der Waals surface area (Å²) in [5.74, 6) is 0. The summed E-state index contributed by atoms with van der Waals surface area (Å²) in [6.45, 7) is 13.8. The van der Waals surface area contributed by atoms with Crippen molar-refractivity contribution < 1.29 is 4.42 Å². The Kier molecular flexibility index (Phi) is 12.0. The summed E-state index contributed by atoms with van der Waals surface area (Å²) < 4.78 is 10.5. The molecular formula is C80H60B2N3OSSe. The number of fused-ring (bicyclic) bond motifs is 12. The molecule has 0 N–H and O–H groups in total. The van der Waals surface area contributed by atoms with E-state index >= 15 is 0 Å². The molecule has 8 heteroatoms. The quantitative estimate of drug-likeness (QED) is 0.155. The van der Waals surface area contributed by atoms with Crippen LogP contribution >= 0.6 is 11.8 Å². The molecule has 0 aliphatic carbocycles. The van der Waals surface area contributed by atoms with Gasteiger partial charge in [-0.15, -0.1) is 0 Å². The minimum atomic E-state index is -0.164. The number of hydrogen-bond donors (Lipinski definition) is 0. The molecule has 0 unspecified atom stereocenters. The molecule has 88 heavy (non-hydrogen) atoms. The Labute approximate surface area is 527 Å². The number of furan rings is 1. The Balaban J connectivity index is 0.961. The average molecular weight is 1210 g/mol. The Morgan fingerprint density at radius 3 is 1.62 bits per heavy atom. The van der Waals surface area contributed by atoms with Crippen LogP contribution in [0.5, 0.6) is 0 Å². The predicted molar refractivity (Wildman–Crippen MR) is 377 cm³/mol. The number of nitrogens with zero attached hydrogens (tertiary/aromatic N) is 3. The van der Waals surface area contributed by atoms with Crippen LogP contribution in [0, 0.1) is 0 Å². The molecule has 12 aromatic carbocycles. The molecule has 2 aromatic heterocycles. The summed E-state index contributed by atoms with van der Waals surface area (Å²) in [5.41, 5.74) is 26.9.